The fourth-order valence-corrected chi connectivity index (χ4v) is 3.42. The van der Waals surface area contributed by atoms with Crippen LogP contribution in [0.4, 0.5) is 0 Å². The predicted molar refractivity (Wildman–Crippen MR) is 79.0 cm³/mol. The topological polar surface area (TPSA) is 37.8 Å². The van der Waals surface area contributed by atoms with E-state index in [1.807, 2.05) is 6.92 Å². The maximum Gasteiger partial charge on any atom is 0.0648 e. The molecule has 4 unspecified atom stereocenters. The molecule has 1 N–H and O–H groups in total. The summed E-state index contributed by atoms with van der Waals surface area (Å²) in [5.41, 5.74) is 3.41. The van der Waals surface area contributed by atoms with Crippen LogP contribution in [0.25, 0.3) is 0 Å². The summed E-state index contributed by atoms with van der Waals surface area (Å²) >= 11 is 0. The van der Waals surface area contributed by atoms with Gasteiger partial charge in [-0.3, -0.25) is 0 Å². The Kier molecular flexibility index (Phi) is 4.56. The molecule has 0 radical (unpaired) electrons. The normalized spacial score (nSPS) is 29.2. The van der Waals surface area contributed by atoms with Crippen molar-refractivity contribution in [3.05, 3.63) is 23.0 Å². The Labute approximate surface area is 117 Å². The van der Waals surface area contributed by atoms with E-state index in [2.05, 4.69) is 49.4 Å². The first-order valence-corrected chi connectivity index (χ1v) is 7.51. The molecule has 0 amide bonds. The number of hydrogen-bond donors (Lipinski definition) is 1. The van der Waals surface area contributed by atoms with Crippen molar-refractivity contribution < 1.29 is 0 Å². The third kappa shape index (κ3) is 3.14. The molecule has 19 heavy (non-hydrogen) atoms. The molecule has 3 nitrogen and oxygen atoms in total. The van der Waals surface area contributed by atoms with Gasteiger partial charge in [0, 0.05) is 6.04 Å². The smallest absolute Gasteiger partial charge is 0.0648 e. The standard InChI is InChI=1S/C16H27N3/c1-10-6-7-14(8-11(10)2)16(17-5)15-9-12(3)18-19-13(15)4/h9-11,14,16-17H,6-8H2,1-5H3. The van der Waals surface area contributed by atoms with Gasteiger partial charge in [0.15, 0.2) is 0 Å². The maximum absolute atomic E-state index is 4.29. The summed E-state index contributed by atoms with van der Waals surface area (Å²) < 4.78 is 0. The van der Waals surface area contributed by atoms with Crippen molar-refractivity contribution in [1.82, 2.24) is 15.5 Å². The molecule has 0 bridgehead atoms. The zero-order valence-corrected chi connectivity index (χ0v) is 12.9. The maximum atomic E-state index is 4.29. The van der Waals surface area contributed by atoms with Gasteiger partial charge in [0.2, 0.25) is 0 Å². The lowest BCUT2D eigenvalue weighted by atomic mass is 9.72. The van der Waals surface area contributed by atoms with Gasteiger partial charge in [0.25, 0.3) is 0 Å². The van der Waals surface area contributed by atoms with Gasteiger partial charge >= 0.3 is 0 Å². The lowest BCUT2D eigenvalue weighted by Crippen LogP contribution is -2.32. The van der Waals surface area contributed by atoms with Gasteiger partial charge in [-0.15, -0.1) is 0 Å². The molecule has 0 spiro atoms. The summed E-state index contributed by atoms with van der Waals surface area (Å²) in [6, 6.07) is 2.62. The Balaban J connectivity index is 2.22. The van der Waals surface area contributed by atoms with Crippen LogP contribution in [0.5, 0.6) is 0 Å². The van der Waals surface area contributed by atoms with Crippen molar-refractivity contribution in [2.75, 3.05) is 7.05 Å². The van der Waals surface area contributed by atoms with Crippen LogP contribution in [0, 0.1) is 31.6 Å². The van der Waals surface area contributed by atoms with Crippen molar-refractivity contribution in [2.45, 2.75) is 53.0 Å². The first-order valence-electron chi connectivity index (χ1n) is 7.51. The van der Waals surface area contributed by atoms with Crippen molar-refractivity contribution >= 4 is 0 Å². The summed E-state index contributed by atoms with van der Waals surface area (Å²) in [6.07, 6.45) is 3.98. The Morgan fingerprint density at radius 3 is 2.53 bits per heavy atom. The first kappa shape index (κ1) is 14.4. The van der Waals surface area contributed by atoms with Crippen molar-refractivity contribution in [3.8, 4) is 0 Å². The molecule has 106 valence electrons. The average Bonchev–Trinajstić information content (AvgIpc) is 2.38. The summed E-state index contributed by atoms with van der Waals surface area (Å²) in [6.45, 7) is 8.88. The molecule has 3 heteroatoms. The van der Waals surface area contributed by atoms with Crippen LogP contribution in [0.3, 0.4) is 0 Å². The largest absolute Gasteiger partial charge is 0.313 e. The molecular formula is C16H27N3. The van der Waals surface area contributed by atoms with E-state index in [-0.39, 0.29) is 0 Å². The molecule has 0 aliphatic heterocycles. The molecule has 0 saturated heterocycles. The second kappa shape index (κ2) is 6.00. The fourth-order valence-electron chi connectivity index (χ4n) is 3.42. The van der Waals surface area contributed by atoms with E-state index in [1.165, 1.54) is 24.8 Å². The minimum atomic E-state index is 0.421. The Bertz CT molecular complexity index is 430. The summed E-state index contributed by atoms with van der Waals surface area (Å²) in [5, 5.41) is 12.0. The third-order valence-electron chi connectivity index (χ3n) is 4.90. The van der Waals surface area contributed by atoms with Crippen LogP contribution in [-0.2, 0) is 0 Å². The summed E-state index contributed by atoms with van der Waals surface area (Å²) in [4.78, 5) is 0. The van der Waals surface area contributed by atoms with Crippen LogP contribution >= 0.6 is 0 Å². The highest BCUT2D eigenvalue weighted by molar-refractivity contribution is 5.24. The van der Waals surface area contributed by atoms with Gasteiger partial charge in [0.1, 0.15) is 0 Å². The SMILES string of the molecule is CNC(c1cc(C)nnc1C)C1CCC(C)C(C)C1. The van der Waals surface area contributed by atoms with Gasteiger partial charge in [-0.2, -0.15) is 10.2 Å². The van der Waals surface area contributed by atoms with Gasteiger partial charge in [-0.1, -0.05) is 20.3 Å². The molecule has 1 aromatic rings. The minimum absolute atomic E-state index is 0.421. The second-order valence-corrected chi connectivity index (χ2v) is 6.32. The van der Waals surface area contributed by atoms with Crippen molar-refractivity contribution in [3.63, 3.8) is 0 Å². The molecule has 4 atom stereocenters. The molecule has 2 rings (SSSR count). The van der Waals surface area contributed by atoms with E-state index in [4.69, 9.17) is 0 Å². The number of aromatic nitrogens is 2. The summed E-state index contributed by atoms with van der Waals surface area (Å²) in [7, 11) is 2.07. The van der Waals surface area contributed by atoms with Crippen LogP contribution in [-0.4, -0.2) is 17.2 Å². The predicted octanol–water partition coefficient (Wildman–Crippen LogP) is 3.43. The Morgan fingerprint density at radius 1 is 1.16 bits per heavy atom. The Hall–Kier alpha value is -0.960. The lowest BCUT2D eigenvalue weighted by Gasteiger charge is -2.37. The highest BCUT2D eigenvalue weighted by Gasteiger charge is 2.31. The lowest BCUT2D eigenvalue weighted by molar-refractivity contribution is 0.174. The molecule has 0 aromatic carbocycles. The molecule has 1 saturated carbocycles. The van der Waals surface area contributed by atoms with Crippen LogP contribution in [0.15, 0.2) is 6.07 Å². The molecule has 1 aliphatic carbocycles. The first-order chi connectivity index (χ1) is 9.02. The molecular weight excluding hydrogens is 234 g/mol. The van der Waals surface area contributed by atoms with Crippen LogP contribution in [0.1, 0.15) is 56.1 Å². The molecule has 1 aromatic heterocycles. The molecule has 1 fully saturated rings. The number of rotatable bonds is 3. The fraction of sp³-hybridized carbons (Fsp3) is 0.750. The van der Waals surface area contributed by atoms with Gasteiger partial charge in [0.05, 0.1) is 11.4 Å². The van der Waals surface area contributed by atoms with Gasteiger partial charge < -0.3 is 5.32 Å². The van der Waals surface area contributed by atoms with Crippen molar-refractivity contribution in [1.29, 1.82) is 0 Å². The van der Waals surface area contributed by atoms with Gasteiger partial charge in [-0.05, 0) is 63.1 Å². The van der Waals surface area contributed by atoms with Crippen LogP contribution in [0.2, 0.25) is 0 Å². The van der Waals surface area contributed by atoms with E-state index in [0.717, 1.165) is 29.1 Å². The Morgan fingerprint density at radius 2 is 1.89 bits per heavy atom. The van der Waals surface area contributed by atoms with E-state index >= 15 is 0 Å². The van der Waals surface area contributed by atoms with E-state index in [0.29, 0.717) is 6.04 Å². The quantitative estimate of drug-likeness (QED) is 0.906. The minimum Gasteiger partial charge on any atom is -0.313 e. The monoisotopic (exact) mass is 261 g/mol. The molecule has 1 aliphatic rings. The van der Waals surface area contributed by atoms with E-state index in [1.54, 1.807) is 0 Å². The second-order valence-electron chi connectivity index (χ2n) is 6.32. The third-order valence-corrected chi connectivity index (χ3v) is 4.90. The zero-order chi connectivity index (χ0) is 14.0. The van der Waals surface area contributed by atoms with E-state index < -0.39 is 0 Å². The highest BCUT2D eigenvalue weighted by atomic mass is 15.1. The van der Waals surface area contributed by atoms with Gasteiger partial charge in [-0.25, -0.2) is 0 Å². The average molecular weight is 261 g/mol. The summed E-state index contributed by atoms with van der Waals surface area (Å²) in [5.74, 6) is 2.41. The zero-order valence-electron chi connectivity index (χ0n) is 12.9. The van der Waals surface area contributed by atoms with E-state index in [9.17, 15) is 0 Å². The number of aryl methyl sites for hydroxylation is 2. The molecule has 1 heterocycles. The number of nitrogens with one attached hydrogen (secondary N) is 1. The highest BCUT2D eigenvalue weighted by Crippen LogP contribution is 2.40. The van der Waals surface area contributed by atoms with Crippen molar-refractivity contribution in [2.24, 2.45) is 17.8 Å². The van der Waals surface area contributed by atoms with Crippen LogP contribution < -0.4 is 5.32 Å². The number of hydrogen-bond acceptors (Lipinski definition) is 3. The number of nitrogens with zero attached hydrogens (tertiary/aromatic N) is 2.